The van der Waals surface area contributed by atoms with E-state index in [1.165, 1.54) is 0 Å². The van der Waals surface area contributed by atoms with E-state index in [9.17, 15) is 4.79 Å². The number of amides is 1. The molecule has 1 rings (SSSR count). The van der Waals surface area contributed by atoms with Crippen LogP contribution in [-0.2, 0) is 4.79 Å². The van der Waals surface area contributed by atoms with Gasteiger partial charge < -0.3 is 5.32 Å². The Morgan fingerprint density at radius 2 is 1.79 bits per heavy atom. The second-order valence-electron chi connectivity index (χ2n) is 4.79. The van der Waals surface area contributed by atoms with Crippen molar-refractivity contribution >= 4 is 12.0 Å². The summed E-state index contributed by atoms with van der Waals surface area (Å²) in [5, 5.41) is 3.01. The molecule has 0 saturated heterocycles. The van der Waals surface area contributed by atoms with Crippen molar-refractivity contribution in [3.63, 3.8) is 0 Å². The van der Waals surface area contributed by atoms with E-state index in [1.807, 2.05) is 36.4 Å². The summed E-state index contributed by atoms with van der Waals surface area (Å²) in [6.45, 7) is 5.05. The van der Waals surface area contributed by atoms with Crippen molar-refractivity contribution in [2.75, 3.05) is 6.54 Å². The van der Waals surface area contributed by atoms with E-state index in [0.717, 1.165) is 49.8 Å². The number of hydrogen-bond donors (Lipinski definition) is 1. The summed E-state index contributed by atoms with van der Waals surface area (Å²) in [6, 6.07) is 10.1. The minimum absolute atomic E-state index is 0.0887. The van der Waals surface area contributed by atoms with E-state index >= 15 is 0 Å². The van der Waals surface area contributed by atoms with Crippen molar-refractivity contribution in [1.29, 1.82) is 0 Å². The summed E-state index contributed by atoms with van der Waals surface area (Å²) in [6.07, 6.45) is 7.17. The van der Waals surface area contributed by atoms with Crippen LogP contribution in [0.25, 0.3) is 6.08 Å². The zero-order chi connectivity index (χ0) is 13.9. The maximum absolute atomic E-state index is 12.1. The molecule has 1 N–H and O–H groups in total. The Morgan fingerprint density at radius 3 is 2.42 bits per heavy atom. The third-order valence-corrected chi connectivity index (χ3v) is 3.05. The number of hydrogen-bond acceptors (Lipinski definition) is 1. The first-order valence-electron chi connectivity index (χ1n) is 7.31. The molecule has 19 heavy (non-hydrogen) atoms. The first-order valence-corrected chi connectivity index (χ1v) is 7.31. The molecule has 0 aliphatic rings. The largest absolute Gasteiger partial charge is 0.352 e. The highest BCUT2D eigenvalue weighted by Crippen LogP contribution is 2.13. The molecule has 0 aromatic heterocycles. The number of carbonyl (C=O) groups is 1. The summed E-state index contributed by atoms with van der Waals surface area (Å²) >= 11 is 0. The highest BCUT2D eigenvalue weighted by atomic mass is 16.1. The molecule has 104 valence electrons. The Labute approximate surface area is 116 Å². The smallest absolute Gasteiger partial charge is 0.247 e. The van der Waals surface area contributed by atoms with Crippen molar-refractivity contribution in [3.8, 4) is 0 Å². The van der Waals surface area contributed by atoms with Crippen LogP contribution >= 0.6 is 0 Å². The Kier molecular flexibility index (Phi) is 7.64. The van der Waals surface area contributed by atoms with Crippen molar-refractivity contribution < 1.29 is 4.79 Å². The lowest BCUT2D eigenvalue weighted by Crippen LogP contribution is -2.25. The third-order valence-electron chi connectivity index (χ3n) is 3.05. The first-order chi connectivity index (χ1) is 9.27. The molecular weight excluding hydrogens is 234 g/mol. The minimum Gasteiger partial charge on any atom is -0.352 e. The SMILES string of the molecule is CCCCNC(=O)/C(=C/c1ccccc1)CCCC. The number of rotatable bonds is 8. The fraction of sp³-hybridized carbons (Fsp3) is 0.471. The summed E-state index contributed by atoms with van der Waals surface area (Å²) < 4.78 is 0. The standard InChI is InChI=1S/C17H25NO/c1-3-5-12-16(17(19)18-13-6-4-2)14-15-10-8-7-9-11-15/h7-11,14H,3-6,12-13H2,1-2H3,(H,18,19)/b16-14+. The quantitative estimate of drug-likeness (QED) is 0.551. The topological polar surface area (TPSA) is 29.1 Å². The molecule has 1 aromatic carbocycles. The molecule has 0 spiro atoms. The van der Waals surface area contributed by atoms with Gasteiger partial charge in [0.05, 0.1) is 0 Å². The monoisotopic (exact) mass is 259 g/mol. The Hall–Kier alpha value is -1.57. The Morgan fingerprint density at radius 1 is 1.11 bits per heavy atom. The van der Waals surface area contributed by atoms with Crippen molar-refractivity contribution in [3.05, 3.63) is 41.5 Å². The van der Waals surface area contributed by atoms with Gasteiger partial charge in [-0.3, -0.25) is 4.79 Å². The van der Waals surface area contributed by atoms with Gasteiger partial charge in [0, 0.05) is 12.1 Å². The summed E-state index contributed by atoms with van der Waals surface area (Å²) in [4.78, 5) is 12.1. The van der Waals surface area contributed by atoms with Crippen LogP contribution in [0.4, 0.5) is 0 Å². The van der Waals surface area contributed by atoms with Gasteiger partial charge >= 0.3 is 0 Å². The second kappa shape index (κ2) is 9.37. The second-order valence-corrected chi connectivity index (χ2v) is 4.79. The molecule has 0 unspecified atom stereocenters. The van der Waals surface area contributed by atoms with Crippen molar-refractivity contribution in [2.45, 2.75) is 46.0 Å². The van der Waals surface area contributed by atoms with E-state index < -0.39 is 0 Å². The molecule has 0 saturated carbocycles. The highest BCUT2D eigenvalue weighted by Gasteiger charge is 2.08. The van der Waals surface area contributed by atoms with Crippen LogP contribution < -0.4 is 5.32 Å². The number of carbonyl (C=O) groups excluding carboxylic acids is 1. The number of nitrogens with one attached hydrogen (secondary N) is 1. The van der Waals surface area contributed by atoms with Gasteiger partial charge in [0.15, 0.2) is 0 Å². The van der Waals surface area contributed by atoms with Crippen LogP contribution in [0.5, 0.6) is 0 Å². The zero-order valence-electron chi connectivity index (χ0n) is 12.1. The van der Waals surface area contributed by atoms with E-state index in [1.54, 1.807) is 0 Å². The van der Waals surface area contributed by atoms with Gasteiger partial charge in [0.1, 0.15) is 0 Å². The van der Waals surface area contributed by atoms with Crippen LogP contribution in [0.2, 0.25) is 0 Å². The van der Waals surface area contributed by atoms with Crippen LogP contribution in [0.15, 0.2) is 35.9 Å². The molecule has 0 aliphatic heterocycles. The van der Waals surface area contributed by atoms with E-state index in [4.69, 9.17) is 0 Å². The molecule has 2 heteroatoms. The molecule has 1 aromatic rings. The lowest BCUT2D eigenvalue weighted by Gasteiger charge is -2.08. The molecule has 2 nitrogen and oxygen atoms in total. The predicted molar refractivity (Wildman–Crippen MR) is 81.9 cm³/mol. The maximum Gasteiger partial charge on any atom is 0.247 e. The number of benzene rings is 1. The zero-order valence-corrected chi connectivity index (χ0v) is 12.1. The van der Waals surface area contributed by atoms with E-state index in [0.29, 0.717) is 0 Å². The van der Waals surface area contributed by atoms with Crippen LogP contribution in [0.3, 0.4) is 0 Å². The summed E-state index contributed by atoms with van der Waals surface area (Å²) in [5.74, 6) is 0.0887. The van der Waals surface area contributed by atoms with Gasteiger partial charge in [-0.2, -0.15) is 0 Å². The molecule has 0 aliphatic carbocycles. The van der Waals surface area contributed by atoms with Gasteiger partial charge in [0.2, 0.25) is 5.91 Å². The molecule has 0 bridgehead atoms. The van der Waals surface area contributed by atoms with Gasteiger partial charge in [-0.25, -0.2) is 0 Å². The Bertz CT molecular complexity index is 395. The van der Waals surface area contributed by atoms with E-state index in [2.05, 4.69) is 19.2 Å². The lowest BCUT2D eigenvalue weighted by molar-refractivity contribution is -0.117. The fourth-order valence-electron chi connectivity index (χ4n) is 1.86. The van der Waals surface area contributed by atoms with Crippen LogP contribution in [0, 0.1) is 0 Å². The third kappa shape index (κ3) is 6.23. The Balaban J connectivity index is 2.70. The average molecular weight is 259 g/mol. The first kappa shape index (κ1) is 15.5. The molecular formula is C17H25NO. The lowest BCUT2D eigenvalue weighted by atomic mass is 10.0. The predicted octanol–water partition coefficient (Wildman–Crippen LogP) is 4.18. The van der Waals surface area contributed by atoms with Crippen LogP contribution in [0.1, 0.15) is 51.5 Å². The van der Waals surface area contributed by atoms with Crippen molar-refractivity contribution in [1.82, 2.24) is 5.32 Å². The highest BCUT2D eigenvalue weighted by molar-refractivity contribution is 5.97. The molecule has 0 atom stereocenters. The minimum atomic E-state index is 0.0887. The normalized spacial score (nSPS) is 11.4. The molecule has 0 radical (unpaired) electrons. The van der Waals surface area contributed by atoms with Crippen molar-refractivity contribution in [2.24, 2.45) is 0 Å². The van der Waals surface area contributed by atoms with Crippen LogP contribution in [-0.4, -0.2) is 12.5 Å². The summed E-state index contributed by atoms with van der Waals surface area (Å²) in [5.41, 5.74) is 1.99. The summed E-state index contributed by atoms with van der Waals surface area (Å²) in [7, 11) is 0. The maximum atomic E-state index is 12.1. The average Bonchev–Trinajstić information content (AvgIpc) is 2.44. The number of unbranched alkanes of at least 4 members (excludes halogenated alkanes) is 2. The molecule has 1 amide bonds. The van der Waals surface area contributed by atoms with Gasteiger partial charge in [-0.05, 0) is 30.9 Å². The van der Waals surface area contributed by atoms with Gasteiger partial charge in [-0.15, -0.1) is 0 Å². The van der Waals surface area contributed by atoms with Gasteiger partial charge in [0.25, 0.3) is 0 Å². The molecule has 0 heterocycles. The fourth-order valence-corrected chi connectivity index (χ4v) is 1.86. The van der Waals surface area contributed by atoms with Gasteiger partial charge in [-0.1, -0.05) is 57.0 Å². The van der Waals surface area contributed by atoms with E-state index in [-0.39, 0.29) is 5.91 Å². The molecule has 0 fully saturated rings.